The number of nitrogens with one attached hydrogen (secondary N) is 1. The summed E-state index contributed by atoms with van der Waals surface area (Å²) in [6, 6.07) is 21.5. The van der Waals surface area contributed by atoms with E-state index in [0.717, 1.165) is 0 Å². The quantitative estimate of drug-likeness (QED) is 0.789. The molecular weight excluding hydrogens is 210 g/mol. The van der Waals surface area contributed by atoms with Gasteiger partial charge in [0.2, 0.25) is 0 Å². The Morgan fingerprint density at radius 2 is 1.25 bits per heavy atom. The van der Waals surface area contributed by atoms with Gasteiger partial charge in [-0.15, -0.1) is 0 Å². The van der Waals surface area contributed by atoms with Crippen LogP contribution in [0.15, 0.2) is 60.7 Å². The van der Waals surface area contributed by atoms with Crippen LogP contribution in [0.2, 0.25) is 0 Å². The van der Waals surface area contributed by atoms with Crippen molar-refractivity contribution < 1.29 is 0 Å². The molecule has 0 aliphatic carbocycles. The minimum atomic E-state index is -0.311. The number of benzene rings is 2. The predicted molar refractivity (Wildman–Crippen MR) is 72.3 cm³/mol. The fourth-order valence-electron chi connectivity index (χ4n) is 2.00. The fraction of sp³-hybridized carbons (Fsp3) is 0.143. The van der Waals surface area contributed by atoms with E-state index in [9.17, 15) is 0 Å². The average Bonchev–Trinajstić information content (AvgIpc) is 2.38. The molecule has 2 aromatic rings. The Balaban J connectivity index is 2.31. The van der Waals surface area contributed by atoms with Gasteiger partial charge in [-0.25, -0.2) is 0 Å². The van der Waals surface area contributed by atoms with Crippen molar-refractivity contribution >= 4 is 9.68 Å². The lowest BCUT2D eigenvalue weighted by Gasteiger charge is -2.16. The molecule has 0 amide bonds. The highest BCUT2D eigenvalue weighted by molar-refractivity contribution is 6.35. The zero-order valence-electron chi connectivity index (χ0n) is 9.56. The van der Waals surface area contributed by atoms with Gasteiger partial charge in [0.25, 0.3) is 0 Å². The first-order valence-corrected chi connectivity index (χ1v) is 7.18. The lowest BCUT2D eigenvalue weighted by Crippen LogP contribution is -2.22. The van der Waals surface area contributed by atoms with Crippen LogP contribution in [0.3, 0.4) is 0 Å². The lowest BCUT2D eigenvalue weighted by molar-refractivity contribution is 1.07. The second-order valence-corrected chi connectivity index (χ2v) is 5.86. The van der Waals surface area contributed by atoms with Crippen LogP contribution in [-0.4, -0.2) is 16.7 Å². The Hall–Kier alpha value is -1.38. The van der Waals surface area contributed by atoms with Gasteiger partial charge >= 0.3 is 0 Å². The van der Waals surface area contributed by atoms with Crippen LogP contribution in [0.1, 0.15) is 16.7 Å². The lowest BCUT2D eigenvalue weighted by atomic mass is 10.0. The monoisotopic (exact) mass is 227 g/mol. The average molecular weight is 227 g/mol. The van der Waals surface area contributed by atoms with Gasteiger partial charge in [0.05, 0.1) is 0 Å². The van der Waals surface area contributed by atoms with Crippen LogP contribution < -0.4 is 4.98 Å². The van der Waals surface area contributed by atoms with E-state index in [0.29, 0.717) is 5.54 Å². The van der Waals surface area contributed by atoms with Gasteiger partial charge in [-0.3, -0.25) is 0 Å². The van der Waals surface area contributed by atoms with Gasteiger partial charge in [-0.2, -0.15) is 0 Å². The molecule has 0 aliphatic heterocycles. The maximum atomic E-state index is 3.40. The summed E-state index contributed by atoms with van der Waals surface area (Å²) in [5.41, 5.74) is 3.43. The third-order valence-electron chi connectivity index (χ3n) is 2.81. The summed E-state index contributed by atoms with van der Waals surface area (Å²) in [4.78, 5) is 3.40. The highest BCUT2D eigenvalue weighted by Crippen LogP contribution is 2.22. The van der Waals surface area contributed by atoms with E-state index in [4.69, 9.17) is 0 Å². The normalized spacial score (nSPS) is 11.4. The molecule has 2 rings (SSSR count). The third kappa shape index (κ3) is 2.59. The van der Waals surface area contributed by atoms with Crippen molar-refractivity contribution in [3.05, 3.63) is 71.8 Å². The molecule has 2 aromatic carbocycles. The summed E-state index contributed by atoms with van der Waals surface area (Å²) in [7, 11) is 1.75. The topological polar surface area (TPSA) is 12.0 Å². The molecular formula is C14H17NSi. The predicted octanol–water partition coefficient (Wildman–Crippen LogP) is 2.08. The van der Waals surface area contributed by atoms with Gasteiger partial charge in [-0.1, -0.05) is 60.7 Å². The largest absolute Gasteiger partial charge is 0.344 e. The van der Waals surface area contributed by atoms with Crippen molar-refractivity contribution in [3.63, 3.8) is 0 Å². The van der Waals surface area contributed by atoms with Gasteiger partial charge in [0.15, 0.2) is 0 Å². The van der Waals surface area contributed by atoms with Gasteiger partial charge < -0.3 is 4.98 Å². The van der Waals surface area contributed by atoms with E-state index in [1.54, 1.807) is 0 Å². The highest BCUT2D eigenvalue weighted by Gasteiger charge is 2.12. The SMILES string of the molecule is CN[SiH2]C(c1ccccc1)c1ccccc1. The van der Waals surface area contributed by atoms with Crippen molar-refractivity contribution in [2.75, 3.05) is 7.05 Å². The maximum Gasteiger partial charge on any atom is 0.103 e. The van der Waals surface area contributed by atoms with Crippen molar-refractivity contribution in [1.82, 2.24) is 4.98 Å². The van der Waals surface area contributed by atoms with Crippen LogP contribution in [0.5, 0.6) is 0 Å². The molecule has 1 N–H and O–H groups in total. The first-order chi connectivity index (χ1) is 7.92. The Morgan fingerprint density at radius 1 is 0.812 bits per heavy atom. The first kappa shape index (κ1) is 11.1. The van der Waals surface area contributed by atoms with E-state index in [1.165, 1.54) is 11.1 Å². The molecule has 0 radical (unpaired) electrons. The van der Waals surface area contributed by atoms with E-state index in [2.05, 4.69) is 72.7 Å². The summed E-state index contributed by atoms with van der Waals surface area (Å²) < 4.78 is 0. The van der Waals surface area contributed by atoms with Crippen LogP contribution in [-0.2, 0) is 0 Å². The summed E-state index contributed by atoms with van der Waals surface area (Å²) in [6.45, 7) is 0. The molecule has 0 aromatic heterocycles. The smallest absolute Gasteiger partial charge is 0.103 e. The Labute approximate surface area is 99.4 Å². The second-order valence-electron chi connectivity index (χ2n) is 3.93. The number of hydrogen-bond donors (Lipinski definition) is 1. The third-order valence-corrected chi connectivity index (χ3v) is 4.57. The molecule has 0 heterocycles. The van der Waals surface area contributed by atoms with Crippen molar-refractivity contribution in [3.8, 4) is 0 Å². The molecule has 2 heteroatoms. The minimum absolute atomic E-state index is 0.311. The minimum Gasteiger partial charge on any atom is -0.344 e. The van der Waals surface area contributed by atoms with Gasteiger partial charge in [0, 0.05) is 5.54 Å². The van der Waals surface area contributed by atoms with Crippen molar-refractivity contribution in [2.45, 2.75) is 5.54 Å². The van der Waals surface area contributed by atoms with E-state index < -0.39 is 0 Å². The number of rotatable bonds is 4. The summed E-state index contributed by atoms with van der Waals surface area (Å²) >= 11 is 0. The van der Waals surface area contributed by atoms with Gasteiger partial charge in [0.1, 0.15) is 9.68 Å². The van der Waals surface area contributed by atoms with Crippen molar-refractivity contribution in [2.24, 2.45) is 0 Å². The molecule has 0 saturated heterocycles. The Morgan fingerprint density at radius 3 is 1.62 bits per heavy atom. The molecule has 16 heavy (non-hydrogen) atoms. The maximum absolute atomic E-state index is 3.40. The Kier molecular flexibility index (Phi) is 3.91. The van der Waals surface area contributed by atoms with Crippen LogP contribution in [0, 0.1) is 0 Å². The molecule has 0 saturated carbocycles. The molecule has 1 nitrogen and oxygen atoms in total. The highest BCUT2D eigenvalue weighted by atomic mass is 28.2. The van der Waals surface area contributed by atoms with Crippen LogP contribution in [0.25, 0.3) is 0 Å². The number of hydrogen-bond acceptors (Lipinski definition) is 1. The molecule has 82 valence electrons. The molecule has 0 spiro atoms. The molecule has 0 bridgehead atoms. The van der Waals surface area contributed by atoms with E-state index >= 15 is 0 Å². The van der Waals surface area contributed by atoms with Crippen LogP contribution in [0.4, 0.5) is 0 Å². The van der Waals surface area contributed by atoms with Crippen molar-refractivity contribution in [1.29, 1.82) is 0 Å². The zero-order valence-corrected chi connectivity index (χ0v) is 11.0. The molecule has 0 fully saturated rings. The summed E-state index contributed by atoms with van der Waals surface area (Å²) in [6.07, 6.45) is 0. The molecule has 0 aliphatic rings. The molecule has 0 unspecified atom stereocenters. The second kappa shape index (κ2) is 5.63. The first-order valence-electron chi connectivity index (χ1n) is 5.66. The van der Waals surface area contributed by atoms with Gasteiger partial charge in [-0.05, 0) is 18.2 Å². The fourth-order valence-corrected chi connectivity index (χ4v) is 3.43. The zero-order chi connectivity index (χ0) is 11.2. The summed E-state index contributed by atoms with van der Waals surface area (Å²) in [5, 5.41) is 0. The van der Waals surface area contributed by atoms with E-state index in [-0.39, 0.29) is 9.68 Å². The van der Waals surface area contributed by atoms with E-state index in [1.807, 2.05) is 0 Å². The summed E-state index contributed by atoms with van der Waals surface area (Å²) in [5.74, 6) is 0. The standard InChI is InChI=1S/C14H17NSi/c1-15-16-14(12-8-4-2-5-9-12)13-10-6-3-7-11-13/h2-11,14-15H,16H2,1H3. The molecule has 0 atom stereocenters. The Bertz CT molecular complexity index is 374. The van der Waals surface area contributed by atoms with Crippen LogP contribution >= 0.6 is 0 Å².